The van der Waals surface area contributed by atoms with Crippen LogP contribution in [0.3, 0.4) is 0 Å². The van der Waals surface area contributed by atoms with Gasteiger partial charge in [-0.3, -0.25) is 4.79 Å². The Morgan fingerprint density at radius 1 is 1.44 bits per heavy atom. The van der Waals surface area contributed by atoms with Gasteiger partial charge in [-0.05, 0) is 18.3 Å². The van der Waals surface area contributed by atoms with Gasteiger partial charge in [0.05, 0.1) is 6.61 Å². The first-order valence-electron chi connectivity index (χ1n) is 5.58. The van der Waals surface area contributed by atoms with Crippen LogP contribution >= 0.6 is 12.4 Å². The highest BCUT2D eigenvalue weighted by atomic mass is 35.5. The minimum atomic E-state index is -0.507. The lowest BCUT2D eigenvalue weighted by atomic mass is 9.91. The minimum Gasteiger partial charge on any atom is -0.383 e. The van der Waals surface area contributed by atoms with Crippen LogP contribution in [-0.4, -0.2) is 43.7 Å². The standard InChI is InChI=1S/C11H22N2O2.ClH/c1-8-4-9(2)6-13(5-8)11(14)10(12)7-15-3;/h8-10H,4-7,12H2,1-3H3;1H. The molecular formula is C11H23ClN2O2. The summed E-state index contributed by atoms with van der Waals surface area (Å²) < 4.78 is 4.90. The molecule has 0 aliphatic carbocycles. The molecule has 1 aliphatic heterocycles. The van der Waals surface area contributed by atoms with Crippen LogP contribution in [0.2, 0.25) is 0 Å². The number of halogens is 1. The van der Waals surface area contributed by atoms with Gasteiger partial charge < -0.3 is 15.4 Å². The average Bonchev–Trinajstić information content (AvgIpc) is 2.15. The van der Waals surface area contributed by atoms with E-state index in [0.717, 1.165) is 13.1 Å². The number of rotatable bonds is 3. The number of nitrogens with zero attached hydrogens (tertiary/aromatic N) is 1. The van der Waals surface area contributed by atoms with Crippen molar-refractivity contribution < 1.29 is 9.53 Å². The Morgan fingerprint density at radius 2 is 1.94 bits per heavy atom. The Balaban J connectivity index is 0.00000225. The molecule has 1 rings (SSSR count). The zero-order valence-electron chi connectivity index (χ0n) is 10.3. The molecule has 1 amide bonds. The molecule has 1 aliphatic rings. The predicted octanol–water partition coefficient (Wildman–Crippen LogP) is 0.886. The van der Waals surface area contributed by atoms with Gasteiger partial charge in [0.1, 0.15) is 6.04 Å². The number of hydrogen-bond acceptors (Lipinski definition) is 3. The van der Waals surface area contributed by atoms with Crippen molar-refractivity contribution >= 4 is 18.3 Å². The van der Waals surface area contributed by atoms with Gasteiger partial charge in [0.25, 0.3) is 0 Å². The van der Waals surface area contributed by atoms with Crippen LogP contribution in [-0.2, 0) is 9.53 Å². The number of nitrogens with two attached hydrogens (primary N) is 1. The summed E-state index contributed by atoms with van der Waals surface area (Å²) in [6.07, 6.45) is 1.20. The van der Waals surface area contributed by atoms with Gasteiger partial charge >= 0.3 is 0 Å². The van der Waals surface area contributed by atoms with Crippen molar-refractivity contribution in [2.75, 3.05) is 26.8 Å². The summed E-state index contributed by atoms with van der Waals surface area (Å²) >= 11 is 0. The SMILES string of the molecule is COCC(N)C(=O)N1CC(C)CC(C)C1.Cl. The summed E-state index contributed by atoms with van der Waals surface area (Å²) in [7, 11) is 1.56. The van der Waals surface area contributed by atoms with Crippen molar-refractivity contribution in [1.82, 2.24) is 4.90 Å². The van der Waals surface area contributed by atoms with Gasteiger partial charge in [0.15, 0.2) is 0 Å². The molecule has 0 radical (unpaired) electrons. The summed E-state index contributed by atoms with van der Waals surface area (Å²) in [5, 5.41) is 0. The molecule has 4 nitrogen and oxygen atoms in total. The summed E-state index contributed by atoms with van der Waals surface area (Å²) in [5.41, 5.74) is 5.73. The third-order valence-electron chi connectivity index (χ3n) is 2.84. The van der Waals surface area contributed by atoms with Crippen LogP contribution in [0.15, 0.2) is 0 Å². The Bertz CT molecular complexity index is 216. The maximum absolute atomic E-state index is 11.9. The van der Waals surface area contributed by atoms with Crippen molar-refractivity contribution in [3.05, 3.63) is 0 Å². The topological polar surface area (TPSA) is 55.6 Å². The highest BCUT2D eigenvalue weighted by molar-refractivity contribution is 5.85. The molecule has 2 N–H and O–H groups in total. The van der Waals surface area contributed by atoms with E-state index in [0.29, 0.717) is 18.4 Å². The fraction of sp³-hybridized carbons (Fsp3) is 0.909. The molecule has 1 saturated heterocycles. The lowest BCUT2D eigenvalue weighted by Crippen LogP contribution is -2.51. The second-order valence-corrected chi connectivity index (χ2v) is 4.75. The van der Waals surface area contributed by atoms with Gasteiger partial charge in [-0.2, -0.15) is 0 Å². The van der Waals surface area contributed by atoms with E-state index in [4.69, 9.17) is 10.5 Å². The van der Waals surface area contributed by atoms with E-state index in [1.807, 2.05) is 4.90 Å². The molecule has 3 unspecified atom stereocenters. The molecular weight excluding hydrogens is 228 g/mol. The fourth-order valence-electron chi connectivity index (χ4n) is 2.33. The van der Waals surface area contributed by atoms with E-state index in [-0.39, 0.29) is 18.3 Å². The third-order valence-corrected chi connectivity index (χ3v) is 2.84. The zero-order valence-corrected chi connectivity index (χ0v) is 11.1. The first-order chi connectivity index (χ1) is 7.04. The third kappa shape index (κ3) is 4.28. The van der Waals surface area contributed by atoms with Crippen LogP contribution in [0.1, 0.15) is 20.3 Å². The van der Waals surface area contributed by atoms with E-state index in [2.05, 4.69) is 13.8 Å². The second-order valence-electron chi connectivity index (χ2n) is 4.75. The number of ether oxygens (including phenoxy) is 1. The highest BCUT2D eigenvalue weighted by Crippen LogP contribution is 2.21. The quantitative estimate of drug-likeness (QED) is 0.809. The number of methoxy groups -OCH3 is 1. The fourth-order valence-corrected chi connectivity index (χ4v) is 2.33. The number of piperidine rings is 1. The first kappa shape index (κ1) is 15.7. The molecule has 3 atom stereocenters. The van der Waals surface area contributed by atoms with Crippen LogP contribution in [0.25, 0.3) is 0 Å². The normalized spacial score (nSPS) is 27.1. The lowest BCUT2D eigenvalue weighted by molar-refractivity contribution is -0.136. The zero-order chi connectivity index (χ0) is 11.4. The van der Waals surface area contributed by atoms with Gasteiger partial charge in [-0.25, -0.2) is 0 Å². The Labute approximate surface area is 104 Å². The molecule has 1 heterocycles. The van der Waals surface area contributed by atoms with Crippen molar-refractivity contribution in [2.24, 2.45) is 17.6 Å². The number of amides is 1. The largest absolute Gasteiger partial charge is 0.383 e. The maximum atomic E-state index is 11.9. The lowest BCUT2D eigenvalue weighted by Gasteiger charge is -2.36. The van der Waals surface area contributed by atoms with Crippen molar-refractivity contribution in [3.8, 4) is 0 Å². The maximum Gasteiger partial charge on any atom is 0.241 e. The molecule has 5 heteroatoms. The van der Waals surface area contributed by atoms with E-state index in [1.165, 1.54) is 6.42 Å². The molecule has 1 fully saturated rings. The Morgan fingerprint density at radius 3 is 2.38 bits per heavy atom. The molecule has 0 saturated carbocycles. The van der Waals surface area contributed by atoms with E-state index in [1.54, 1.807) is 7.11 Å². The minimum absolute atomic E-state index is 0. The Kier molecular flexibility index (Phi) is 6.95. The second kappa shape index (κ2) is 7.09. The smallest absolute Gasteiger partial charge is 0.241 e. The molecule has 96 valence electrons. The van der Waals surface area contributed by atoms with Crippen LogP contribution < -0.4 is 5.73 Å². The molecule has 0 aromatic rings. The van der Waals surface area contributed by atoms with Crippen molar-refractivity contribution in [3.63, 3.8) is 0 Å². The number of carbonyl (C=O) groups excluding carboxylic acids is 1. The highest BCUT2D eigenvalue weighted by Gasteiger charge is 2.28. The number of likely N-dealkylation sites (tertiary alicyclic amines) is 1. The summed E-state index contributed by atoms with van der Waals surface area (Å²) in [4.78, 5) is 13.8. The van der Waals surface area contributed by atoms with Gasteiger partial charge in [-0.15, -0.1) is 12.4 Å². The summed E-state index contributed by atoms with van der Waals surface area (Å²) in [6.45, 7) is 6.33. The van der Waals surface area contributed by atoms with Gasteiger partial charge in [0.2, 0.25) is 5.91 Å². The first-order valence-corrected chi connectivity index (χ1v) is 5.58. The summed E-state index contributed by atoms with van der Waals surface area (Å²) in [5.74, 6) is 1.18. The van der Waals surface area contributed by atoms with Crippen molar-refractivity contribution in [2.45, 2.75) is 26.3 Å². The van der Waals surface area contributed by atoms with E-state index >= 15 is 0 Å². The molecule has 16 heavy (non-hydrogen) atoms. The number of carbonyl (C=O) groups is 1. The molecule has 0 bridgehead atoms. The van der Waals surface area contributed by atoms with Gasteiger partial charge in [-0.1, -0.05) is 13.8 Å². The number of hydrogen-bond donors (Lipinski definition) is 1. The Hall–Kier alpha value is -0.320. The summed E-state index contributed by atoms with van der Waals surface area (Å²) in [6, 6.07) is -0.507. The van der Waals surface area contributed by atoms with Crippen molar-refractivity contribution in [1.29, 1.82) is 0 Å². The molecule has 0 aromatic carbocycles. The average molecular weight is 251 g/mol. The van der Waals surface area contributed by atoms with E-state index in [9.17, 15) is 4.79 Å². The molecule has 0 aromatic heterocycles. The van der Waals surface area contributed by atoms with Gasteiger partial charge in [0, 0.05) is 20.2 Å². The monoisotopic (exact) mass is 250 g/mol. The van der Waals surface area contributed by atoms with Crippen LogP contribution in [0, 0.1) is 11.8 Å². The van der Waals surface area contributed by atoms with E-state index < -0.39 is 6.04 Å². The molecule has 0 spiro atoms. The predicted molar refractivity (Wildman–Crippen MR) is 66.6 cm³/mol. The van der Waals surface area contributed by atoms with Crippen LogP contribution in [0.5, 0.6) is 0 Å². The van der Waals surface area contributed by atoms with Crippen LogP contribution in [0.4, 0.5) is 0 Å².